The van der Waals surface area contributed by atoms with E-state index in [0.717, 1.165) is 38.2 Å². The van der Waals surface area contributed by atoms with Gasteiger partial charge in [-0.05, 0) is 12.8 Å². The first kappa shape index (κ1) is 31.6. The maximum atomic E-state index is 12.1. The van der Waals surface area contributed by atoms with E-state index in [1.165, 1.54) is 83.5 Å². The minimum atomic E-state index is -1.11. The van der Waals surface area contributed by atoms with Gasteiger partial charge in [0.15, 0.2) is 0 Å². The number of aliphatic carboxylic acids is 1. The molecule has 0 saturated carbocycles. The number of ether oxygens (including phenoxy) is 1. The van der Waals surface area contributed by atoms with Gasteiger partial charge < -0.3 is 14.9 Å². The lowest BCUT2D eigenvalue weighted by Crippen LogP contribution is -2.16. The van der Waals surface area contributed by atoms with Gasteiger partial charge in [0.05, 0.1) is 18.6 Å². The molecule has 194 valence electrons. The third-order valence-corrected chi connectivity index (χ3v) is 6.10. The molecule has 0 aliphatic carbocycles. The van der Waals surface area contributed by atoms with Crippen molar-refractivity contribution in [3.05, 3.63) is 11.8 Å². The van der Waals surface area contributed by atoms with Crippen molar-refractivity contribution < 1.29 is 24.5 Å². The molecule has 5 heteroatoms. The molecule has 0 amide bonds. The smallest absolute Gasteiger partial charge is 0.331 e. The van der Waals surface area contributed by atoms with Gasteiger partial charge in [-0.25, -0.2) is 4.79 Å². The zero-order valence-electron chi connectivity index (χ0n) is 21.6. The van der Waals surface area contributed by atoms with Crippen LogP contribution in [0.1, 0.15) is 149 Å². The van der Waals surface area contributed by atoms with Crippen molar-refractivity contribution in [3.63, 3.8) is 0 Å². The van der Waals surface area contributed by atoms with Crippen LogP contribution in [0.2, 0.25) is 0 Å². The Morgan fingerprint density at radius 2 is 1.12 bits per heavy atom. The van der Waals surface area contributed by atoms with Gasteiger partial charge in [-0.1, -0.05) is 123 Å². The molecule has 0 heterocycles. The number of carbonyl (C=O) groups is 2. The van der Waals surface area contributed by atoms with Crippen LogP contribution in [0.25, 0.3) is 0 Å². The van der Waals surface area contributed by atoms with Crippen molar-refractivity contribution in [3.8, 4) is 0 Å². The molecule has 0 spiro atoms. The molecular formula is C28H52O5. The second-order valence-corrected chi connectivity index (χ2v) is 9.48. The molecule has 0 saturated heterocycles. The highest BCUT2D eigenvalue weighted by Crippen LogP contribution is 2.17. The van der Waals surface area contributed by atoms with Crippen LogP contribution in [-0.4, -0.2) is 28.3 Å². The normalized spacial score (nSPS) is 12.6. The van der Waals surface area contributed by atoms with Gasteiger partial charge in [-0.3, -0.25) is 4.79 Å². The Balaban J connectivity index is 3.93. The number of aliphatic hydroxyl groups is 1. The molecule has 33 heavy (non-hydrogen) atoms. The molecule has 0 aromatic heterocycles. The minimum Gasteiger partial charge on any atom is -0.478 e. The Morgan fingerprint density at radius 1 is 0.697 bits per heavy atom. The van der Waals surface area contributed by atoms with Gasteiger partial charge in [0.25, 0.3) is 0 Å². The van der Waals surface area contributed by atoms with E-state index in [1.807, 2.05) is 0 Å². The number of rotatable bonds is 24. The topological polar surface area (TPSA) is 83.8 Å². The SMILES string of the molecule is CCCCCCCCCCCCCC(=CC(=O)O)OC(=O)CC(O)CCCCCCCCC. The van der Waals surface area contributed by atoms with Crippen LogP contribution in [0.4, 0.5) is 0 Å². The van der Waals surface area contributed by atoms with E-state index in [1.54, 1.807) is 0 Å². The average Bonchev–Trinajstić information content (AvgIpc) is 2.76. The van der Waals surface area contributed by atoms with E-state index in [2.05, 4.69) is 13.8 Å². The summed E-state index contributed by atoms with van der Waals surface area (Å²) in [6.45, 7) is 4.43. The molecule has 0 fully saturated rings. The summed E-state index contributed by atoms with van der Waals surface area (Å²) < 4.78 is 5.28. The number of esters is 1. The number of carboxylic acids is 1. The van der Waals surface area contributed by atoms with E-state index < -0.39 is 18.0 Å². The lowest BCUT2D eigenvalue weighted by atomic mass is 10.0. The number of hydrogen-bond acceptors (Lipinski definition) is 4. The van der Waals surface area contributed by atoms with Crippen molar-refractivity contribution in [1.82, 2.24) is 0 Å². The highest BCUT2D eigenvalue weighted by molar-refractivity contribution is 5.81. The second-order valence-electron chi connectivity index (χ2n) is 9.48. The zero-order valence-corrected chi connectivity index (χ0v) is 21.6. The summed E-state index contributed by atoms with van der Waals surface area (Å²) in [7, 11) is 0. The highest BCUT2D eigenvalue weighted by atomic mass is 16.5. The van der Waals surface area contributed by atoms with Gasteiger partial charge in [0, 0.05) is 6.42 Å². The minimum absolute atomic E-state index is 0.0783. The van der Waals surface area contributed by atoms with Gasteiger partial charge in [-0.15, -0.1) is 0 Å². The maximum absolute atomic E-state index is 12.1. The Labute approximate surface area is 203 Å². The van der Waals surface area contributed by atoms with Crippen molar-refractivity contribution in [1.29, 1.82) is 0 Å². The van der Waals surface area contributed by atoms with Gasteiger partial charge >= 0.3 is 11.9 Å². The number of unbranched alkanes of at least 4 members (excludes halogenated alkanes) is 16. The Kier molecular flexibility index (Phi) is 22.8. The van der Waals surface area contributed by atoms with E-state index in [-0.39, 0.29) is 12.2 Å². The third kappa shape index (κ3) is 23.6. The standard InChI is InChI=1S/C28H52O5/c1-3-5-7-9-11-12-13-14-16-18-20-22-26(24-27(30)31)33-28(32)23-25(29)21-19-17-15-10-8-6-4-2/h24-25,29H,3-23H2,1-2H3,(H,30,31). The van der Waals surface area contributed by atoms with Crippen LogP contribution in [0.3, 0.4) is 0 Å². The summed E-state index contributed by atoms with van der Waals surface area (Å²) >= 11 is 0. The molecule has 0 aromatic rings. The van der Waals surface area contributed by atoms with Crippen LogP contribution in [0.15, 0.2) is 11.8 Å². The van der Waals surface area contributed by atoms with Crippen molar-refractivity contribution in [2.75, 3.05) is 0 Å². The van der Waals surface area contributed by atoms with Crippen LogP contribution in [-0.2, 0) is 14.3 Å². The Morgan fingerprint density at radius 3 is 1.58 bits per heavy atom. The third-order valence-electron chi connectivity index (χ3n) is 6.10. The second kappa shape index (κ2) is 23.8. The molecule has 0 bridgehead atoms. The molecule has 1 unspecified atom stereocenters. The molecule has 0 radical (unpaired) electrons. The molecule has 2 N–H and O–H groups in total. The largest absolute Gasteiger partial charge is 0.478 e. The van der Waals surface area contributed by atoms with E-state index in [0.29, 0.717) is 12.8 Å². The first-order valence-electron chi connectivity index (χ1n) is 13.8. The monoisotopic (exact) mass is 468 g/mol. The highest BCUT2D eigenvalue weighted by Gasteiger charge is 2.14. The lowest BCUT2D eigenvalue weighted by molar-refractivity contribution is -0.142. The van der Waals surface area contributed by atoms with Gasteiger partial charge in [0.2, 0.25) is 0 Å². The van der Waals surface area contributed by atoms with E-state index >= 15 is 0 Å². The van der Waals surface area contributed by atoms with Crippen LogP contribution >= 0.6 is 0 Å². The molecule has 1 atom stereocenters. The van der Waals surface area contributed by atoms with E-state index in [9.17, 15) is 14.7 Å². The summed E-state index contributed by atoms with van der Waals surface area (Å²) in [5, 5.41) is 19.2. The number of carbonyl (C=O) groups excluding carboxylic acids is 1. The van der Waals surface area contributed by atoms with Crippen molar-refractivity contribution in [2.45, 2.75) is 155 Å². The Hall–Kier alpha value is -1.36. The van der Waals surface area contributed by atoms with Gasteiger partial charge in [0.1, 0.15) is 5.76 Å². The number of allylic oxidation sites excluding steroid dienone is 1. The predicted molar refractivity (Wildman–Crippen MR) is 136 cm³/mol. The lowest BCUT2D eigenvalue weighted by Gasteiger charge is -2.12. The zero-order chi connectivity index (χ0) is 24.6. The van der Waals surface area contributed by atoms with Crippen molar-refractivity contribution in [2.24, 2.45) is 0 Å². The summed E-state index contributed by atoms with van der Waals surface area (Å²) in [4.78, 5) is 23.2. The first-order valence-corrected chi connectivity index (χ1v) is 13.8. The molecule has 0 aromatic carbocycles. The van der Waals surface area contributed by atoms with E-state index in [4.69, 9.17) is 9.84 Å². The fraction of sp³-hybridized carbons (Fsp3) is 0.857. The molecular weight excluding hydrogens is 416 g/mol. The molecule has 0 aliphatic rings. The Bertz CT molecular complexity index is 501. The van der Waals surface area contributed by atoms with Crippen LogP contribution in [0, 0.1) is 0 Å². The molecule has 5 nitrogen and oxygen atoms in total. The predicted octanol–water partition coefficient (Wildman–Crippen LogP) is 8.09. The summed E-state index contributed by atoms with van der Waals surface area (Å²) in [6, 6.07) is 0. The number of hydrogen-bond donors (Lipinski definition) is 2. The summed E-state index contributed by atoms with van der Waals surface area (Å²) in [6.07, 6.45) is 22.7. The molecule has 0 aliphatic heterocycles. The first-order chi connectivity index (χ1) is 16.0. The molecule has 0 rings (SSSR count). The van der Waals surface area contributed by atoms with Gasteiger partial charge in [-0.2, -0.15) is 0 Å². The maximum Gasteiger partial charge on any atom is 0.331 e. The van der Waals surface area contributed by atoms with Crippen LogP contribution < -0.4 is 0 Å². The fourth-order valence-corrected chi connectivity index (χ4v) is 4.07. The summed E-state index contributed by atoms with van der Waals surface area (Å²) in [5.74, 6) is -1.45. The average molecular weight is 469 g/mol. The summed E-state index contributed by atoms with van der Waals surface area (Å²) in [5.41, 5.74) is 0. The number of aliphatic hydroxyl groups excluding tert-OH is 1. The fourth-order valence-electron chi connectivity index (χ4n) is 4.07. The quantitative estimate of drug-likeness (QED) is 0.0647. The van der Waals surface area contributed by atoms with Crippen LogP contribution in [0.5, 0.6) is 0 Å². The number of carboxylic acid groups (broad SMARTS) is 1. The van der Waals surface area contributed by atoms with Crippen molar-refractivity contribution >= 4 is 11.9 Å².